The number of hydrogen-bond donors (Lipinski definition) is 2. The number of hydrogen-bond acceptors (Lipinski definition) is 7. The van der Waals surface area contributed by atoms with Gasteiger partial charge >= 0.3 is 0 Å². The molecule has 4 rings (SSSR count). The van der Waals surface area contributed by atoms with Crippen molar-refractivity contribution >= 4 is 43.3 Å². The molecule has 0 atom stereocenters. The van der Waals surface area contributed by atoms with Crippen LogP contribution < -0.4 is 15.8 Å². The normalized spacial score (nSPS) is 11.2. The van der Waals surface area contributed by atoms with E-state index < -0.39 is 9.84 Å². The summed E-state index contributed by atoms with van der Waals surface area (Å²) >= 11 is 1.02. The highest BCUT2D eigenvalue weighted by Crippen LogP contribution is 2.44. The summed E-state index contributed by atoms with van der Waals surface area (Å²) in [5.41, 5.74) is 7.31. The van der Waals surface area contributed by atoms with Crippen LogP contribution in [0.4, 0.5) is 16.4 Å². The molecule has 0 fully saturated rings. The van der Waals surface area contributed by atoms with Crippen molar-refractivity contribution in [3.63, 3.8) is 0 Å². The lowest BCUT2D eigenvalue weighted by Crippen LogP contribution is -2.08. The highest BCUT2D eigenvalue weighted by molar-refractivity contribution is 7.92. The first-order valence-electron chi connectivity index (χ1n) is 9.65. The molecule has 162 valence electrons. The Morgan fingerprint density at radius 2 is 1.50 bits per heavy atom. The van der Waals surface area contributed by atoms with Crippen molar-refractivity contribution in [3.8, 4) is 5.75 Å². The molecule has 3 N–H and O–H groups in total. The standard InChI is InChI=1S/C24H20N2O4S2/c1-30-18-14-12-17(13-15-18)26-24-23(32(28,29)19-10-6-3-7-11-19)20(25)22(31-24)21(27)16-8-4-2-5-9-16/h2-15,26H,25H2,1H3. The van der Waals surface area contributed by atoms with Gasteiger partial charge in [-0.2, -0.15) is 0 Å². The number of methoxy groups -OCH3 is 1. The molecule has 0 bridgehead atoms. The molecule has 0 aliphatic rings. The third kappa shape index (κ3) is 4.10. The van der Waals surface area contributed by atoms with Gasteiger partial charge < -0.3 is 15.8 Å². The highest BCUT2D eigenvalue weighted by Gasteiger charge is 2.31. The first-order chi connectivity index (χ1) is 15.4. The summed E-state index contributed by atoms with van der Waals surface area (Å²) in [6, 6.07) is 23.7. The molecule has 0 amide bonds. The average Bonchev–Trinajstić information content (AvgIpc) is 3.16. The zero-order valence-corrected chi connectivity index (χ0v) is 18.7. The van der Waals surface area contributed by atoms with Gasteiger partial charge in [-0.25, -0.2) is 8.42 Å². The quantitative estimate of drug-likeness (QED) is 0.367. The fourth-order valence-electron chi connectivity index (χ4n) is 3.19. The van der Waals surface area contributed by atoms with Crippen molar-refractivity contribution in [3.05, 3.63) is 95.4 Å². The zero-order valence-electron chi connectivity index (χ0n) is 17.1. The van der Waals surface area contributed by atoms with Crippen molar-refractivity contribution in [2.24, 2.45) is 0 Å². The van der Waals surface area contributed by atoms with Crippen LogP contribution in [0.5, 0.6) is 5.75 Å². The van der Waals surface area contributed by atoms with Crippen LogP contribution in [0.15, 0.2) is 94.7 Å². The summed E-state index contributed by atoms with van der Waals surface area (Å²) in [4.78, 5) is 13.3. The molecule has 3 aromatic carbocycles. The molecule has 1 aromatic heterocycles. The number of nitrogens with one attached hydrogen (secondary N) is 1. The summed E-state index contributed by atoms with van der Waals surface area (Å²) in [6.45, 7) is 0. The molecule has 0 radical (unpaired) electrons. The molecule has 6 nitrogen and oxygen atoms in total. The van der Waals surface area contributed by atoms with Gasteiger partial charge in [0, 0.05) is 11.3 Å². The molecule has 0 spiro atoms. The Hall–Kier alpha value is -3.62. The molecular formula is C24H20N2O4S2. The van der Waals surface area contributed by atoms with Gasteiger partial charge in [-0.15, -0.1) is 11.3 Å². The number of rotatable bonds is 7. The van der Waals surface area contributed by atoms with E-state index in [1.807, 2.05) is 0 Å². The van der Waals surface area contributed by atoms with Crippen molar-refractivity contribution in [1.82, 2.24) is 0 Å². The summed E-state index contributed by atoms with van der Waals surface area (Å²) in [7, 11) is -2.42. The Kier molecular flexibility index (Phi) is 5.98. The SMILES string of the molecule is COc1ccc(Nc2sc(C(=O)c3ccccc3)c(N)c2S(=O)(=O)c2ccccc2)cc1. The Morgan fingerprint density at radius 1 is 0.906 bits per heavy atom. The van der Waals surface area contributed by atoms with E-state index in [-0.39, 0.29) is 31.1 Å². The van der Waals surface area contributed by atoms with E-state index in [0.717, 1.165) is 11.3 Å². The topological polar surface area (TPSA) is 98.5 Å². The van der Waals surface area contributed by atoms with Gasteiger partial charge in [0.15, 0.2) is 0 Å². The number of carbonyl (C=O) groups is 1. The average molecular weight is 465 g/mol. The smallest absolute Gasteiger partial charge is 0.211 e. The van der Waals surface area contributed by atoms with Gasteiger partial charge in [-0.1, -0.05) is 48.5 Å². The van der Waals surface area contributed by atoms with Gasteiger partial charge in [0.05, 0.1) is 17.7 Å². The van der Waals surface area contributed by atoms with Crippen LogP contribution in [0.25, 0.3) is 0 Å². The molecule has 0 unspecified atom stereocenters. The van der Waals surface area contributed by atoms with Crippen molar-refractivity contribution in [2.45, 2.75) is 9.79 Å². The van der Waals surface area contributed by atoms with Gasteiger partial charge in [0.1, 0.15) is 20.5 Å². The number of carbonyl (C=O) groups excluding carboxylic acids is 1. The first kappa shape index (κ1) is 21.6. The number of ether oxygens (including phenoxy) is 1. The fourth-order valence-corrected chi connectivity index (χ4v) is 6.14. The molecule has 0 saturated carbocycles. The number of ketones is 1. The summed E-state index contributed by atoms with van der Waals surface area (Å²) in [5.74, 6) is 0.332. The first-order valence-corrected chi connectivity index (χ1v) is 11.9. The Morgan fingerprint density at radius 3 is 2.09 bits per heavy atom. The van der Waals surface area contributed by atoms with E-state index in [9.17, 15) is 13.2 Å². The van der Waals surface area contributed by atoms with Crippen molar-refractivity contribution in [2.75, 3.05) is 18.2 Å². The number of benzene rings is 3. The van der Waals surface area contributed by atoms with Crippen molar-refractivity contribution in [1.29, 1.82) is 0 Å². The third-order valence-corrected chi connectivity index (χ3v) is 7.92. The molecule has 32 heavy (non-hydrogen) atoms. The minimum Gasteiger partial charge on any atom is -0.497 e. The molecule has 0 aliphatic carbocycles. The molecule has 4 aromatic rings. The molecule has 0 aliphatic heterocycles. The molecule has 8 heteroatoms. The summed E-state index contributed by atoms with van der Waals surface area (Å²) < 4.78 is 32.2. The lowest BCUT2D eigenvalue weighted by molar-refractivity contribution is 0.104. The van der Waals surface area contributed by atoms with E-state index in [0.29, 0.717) is 17.0 Å². The Labute approximate surface area is 190 Å². The number of thiophene rings is 1. The predicted octanol–water partition coefficient (Wildman–Crippen LogP) is 5.15. The maximum atomic E-state index is 13.5. The largest absolute Gasteiger partial charge is 0.497 e. The summed E-state index contributed by atoms with van der Waals surface area (Å²) in [6.07, 6.45) is 0. The van der Waals surface area contributed by atoms with Gasteiger partial charge in [0.2, 0.25) is 15.6 Å². The van der Waals surface area contributed by atoms with Gasteiger partial charge in [-0.3, -0.25) is 4.79 Å². The number of sulfone groups is 1. The predicted molar refractivity (Wildman–Crippen MR) is 127 cm³/mol. The lowest BCUT2D eigenvalue weighted by Gasteiger charge is -2.10. The number of nitrogens with two attached hydrogens (primary N) is 1. The summed E-state index contributed by atoms with van der Waals surface area (Å²) in [5, 5.41) is 3.39. The van der Waals surface area contributed by atoms with Crippen LogP contribution in [-0.4, -0.2) is 21.3 Å². The van der Waals surface area contributed by atoms with Crippen LogP contribution in [0.3, 0.4) is 0 Å². The molecular weight excluding hydrogens is 444 g/mol. The number of nitrogen functional groups attached to an aromatic ring is 1. The maximum Gasteiger partial charge on any atom is 0.211 e. The Balaban J connectivity index is 1.86. The van der Waals surface area contributed by atoms with E-state index in [1.165, 1.54) is 12.1 Å². The lowest BCUT2D eigenvalue weighted by atomic mass is 10.1. The van der Waals surface area contributed by atoms with E-state index in [1.54, 1.807) is 79.9 Å². The second-order valence-electron chi connectivity index (χ2n) is 6.87. The molecule has 1 heterocycles. The second kappa shape index (κ2) is 8.86. The zero-order chi connectivity index (χ0) is 22.7. The van der Waals surface area contributed by atoms with Crippen LogP contribution in [0.1, 0.15) is 15.2 Å². The second-order valence-corrected chi connectivity index (χ2v) is 9.78. The van der Waals surface area contributed by atoms with Crippen LogP contribution in [-0.2, 0) is 9.84 Å². The number of anilines is 3. The minimum absolute atomic E-state index is 0.0660. The fraction of sp³-hybridized carbons (Fsp3) is 0.0417. The van der Waals surface area contributed by atoms with Gasteiger partial charge in [-0.05, 0) is 36.4 Å². The van der Waals surface area contributed by atoms with Crippen LogP contribution >= 0.6 is 11.3 Å². The van der Waals surface area contributed by atoms with Gasteiger partial charge in [0.25, 0.3) is 0 Å². The Bertz CT molecular complexity index is 1350. The van der Waals surface area contributed by atoms with E-state index in [2.05, 4.69) is 5.32 Å². The maximum absolute atomic E-state index is 13.5. The minimum atomic E-state index is -3.98. The van der Waals surface area contributed by atoms with Crippen molar-refractivity contribution < 1.29 is 17.9 Å². The monoisotopic (exact) mass is 464 g/mol. The third-order valence-electron chi connectivity index (χ3n) is 4.81. The van der Waals surface area contributed by atoms with Crippen LogP contribution in [0.2, 0.25) is 0 Å². The van der Waals surface area contributed by atoms with Crippen LogP contribution in [0, 0.1) is 0 Å². The molecule has 0 saturated heterocycles. The highest BCUT2D eigenvalue weighted by atomic mass is 32.2. The van der Waals surface area contributed by atoms with E-state index in [4.69, 9.17) is 10.5 Å². The van der Waals surface area contributed by atoms with E-state index >= 15 is 0 Å².